The molecule has 2 aromatic rings. The lowest BCUT2D eigenvalue weighted by Gasteiger charge is -2.30. The Kier molecular flexibility index (Phi) is 5.00. The molecule has 0 aliphatic carbocycles. The second-order valence-electron chi connectivity index (χ2n) is 6.39. The van der Waals surface area contributed by atoms with Gasteiger partial charge < -0.3 is 10.2 Å². The molecule has 1 unspecified atom stereocenters. The van der Waals surface area contributed by atoms with E-state index in [4.69, 9.17) is 11.6 Å². The molecular weight excluding hydrogens is 324 g/mol. The average Bonchev–Trinajstić information content (AvgIpc) is 2.58. The number of carbonyl (C=O) groups is 1. The van der Waals surface area contributed by atoms with E-state index in [2.05, 4.69) is 22.4 Å². The number of anilines is 2. The Morgan fingerprint density at radius 1 is 1.29 bits per heavy atom. The molecule has 1 fully saturated rings. The van der Waals surface area contributed by atoms with Crippen molar-refractivity contribution in [1.82, 2.24) is 15.1 Å². The molecule has 3 rings (SSSR count). The van der Waals surface area contributed by atoms with Crippen LogP contribution in [0.1, 0.15) is 35.8 Å². The van der Waals surface area contributed by atoms with E-state index >= 15 is 0 Å². The van der Waals surface area contributed by atoms with Gasteiger partial charge in [-0.2, -0.15) is 0 Å². The van der Waals surface area contributed by atoms with Crippen molar-refractivity contribution in [3.05, 3.63) is 46.6 Å². The Morgan fingerprint density at radius 2 is 2.12 bits per heavy atom. The molecule has 0 radical (unpaired) electrons. The average molecular weight is 345 g/mol. The van der Waals surface area contributed by atoms with Crippen LogP contribution >= 0.6 is 11.6 Å². The summed E-state index contributed by atoms with van der Waals surface area (Å²) in [7, 11) is 0. The van der Waals surface area contributed by atoms with E-state index in [1.807, 2.05) is 30.0 Å². The molecule has 1 aromatic carbocycles. The van der Waals surface area contributed by atoms with Crippen LogP contribution in [-0.4, -0.2) is 34.1 Å². The maximum absolute atomic E-state index is 12.5. The fourth-order valence-electron chi connectivity index (χ4n) is 2.87. The maximum Gasteiger partial charge on any atom is 0.274 e. The van der Waals surface area contributed by atoms with Gasteiger partial charge in [-0.05, 0) is 55.5 Å². The first-order chi connectivity index (χ1) is 11.5. The third-order valence-electron chi connectivity index (χ3n) is 4.27. The van der Waals surface area contributed by atoms with Gasteiger partial charge in [0.15, 0.2) is 11.5 Å². The molecular formula is C18H21ClN4O. The summed E-state index contributed by atoms with van der Waals surface area (Å²) >= 11 is 6.12. The molecule has 1 aliphatic rings. The first kappa shape index (κ1) is 16.7. The van der Waals surface area contributed by atoms with Crippen molar-refractivity contribution in [2.75, 3.05) is 18.4 Å². The number of benzene rings is 1. The van der Waals surface area contributed by atoms with E-state index in [0.717, 1.165) is 30.8 Å². The van der Waals surface area contributed by atoms with Crippen LogP contribution in [0.25, 0.3) is 0 Å². The normalized spacial score (nSPS) is 17.6. The van der Waals surface area contributed by atoms with Crippen LogP contribution in [-0.2, 0) is 0 Å². The van der Waals surface area contributed by atoms with Crippen molar-refractivity contribution >= 4 is 29.0 Å². The summed E-state index contributed by atoms with van der Waals surface area (Å²) in [6.07, 6.45) is 2.23. The number of nitrogens with one attached hydrogen (secondary N) is 1. The van der Waals surface area contributed by atoms with Crippen LogP contribution in [0.2, 0.25) is 5.02 Å². The van der Waals surface area contributed by atoms with Gasteiger partial charge in [-0.3, -0.25) is 4.79 Å². The molecule has 0 spiro atoms. The van der Waals surface area contributed by atoms with Gasteiger partial charge in [0.2, 0.25) is 0 Å². The number of rotatable bonds is 3. The zero-order valence-electron chi connectivity index (χ0n) is 13.9. The predicted molar refractivity (Wildman–Crippen MR) is 95.8 cm³/mol. The van der Waals surface area contributed by atoms with Crippen molar-refractivity contribution in [3.63, 3.8) is 0 Å². The lowest BCUT2D eigenvalue weighted by molar-refractivity contribution is 0.0676. The second kappa shape index (κ2) is 7.18. The van der Waals surface area contributed by atoms with Gasteiger partial charge in [0.1, 0.15) is 0 Å². The summed E-state index contributed by atoms with van der Waals surface area (Å²) in [6, 6.07) is 9.19. The molecule has 1 aliphatic heterocycles. The summed E-state index contributed by atoms with van der Waals surface area (Å²) in [5, 5.41) is 12.0. The Labute approximate surface area is 147 Å². The number of carbonyl (C=O) groups excluding carboxylic acids is 1. The van der Waals surface area contributed by atoms with Gasteiger partial charge in [0, 0.05) is 23.8 Å². The van der Waals surface area contributed by atoms with Crippen molar-refractivity contribution < 1.29 is 4.79 Å². The zero-order chi connectivity index (χ0) is 17.1. The number of halogens is 1. The first-order valence-electron chi connectivity index (χ1n) is 8.19. The number of hydrogen-bond acceptors (Lipinski definition) is 4. The van der Waals surface area contributed by atoms with Gasteiger partial charge in [-0.25, -0.2) is 0 Å². The third-order valence-corrected chi connectivity index (χ3v) is 4.68. The quantitative estimate of drug-likeness (QED) is 0.912. The predicted octanol–water partition coefficient (Wildman–Crippen LogP) is 4.05. The van der Waals surface area contributed by atoms with Crippen molar-refractivity contribution in [1.29, 1.82) is 0 Å². The molecule has 1 amide bonds. The molecule has 5 nitrogen and oxygen atoms in total. The number of aromatic nitrogens is 2. The number of likely N-dealkylation sites (tertiary alicyclic amines) is 1. The summed E-state index contributed by atoms with van der Waals surface area (Å²) in [5.41, 5.74) is 2.24. The van der Waals surface area contributed by atoms with Crippen molar-refractivity contribution in [2.45, 2.75) is 26.7 Å². The van der Waals surface area contributed by atoms with Crippen LogP contribution in [0.3, 0.4) is 0 Å². The van der Waals surface area contributed by atoms with Crippen LogP contribution < -0.4 is 5.32 Å². The minimum Gasteiger partial charge on any atom is -0.339 e. The highest BCUT2D eigenvalue weighted by atomic mass is 35.5. The van der Waals surface area contributed by atoms with E-state index in [-0.39, 0.29) is 5.91 Å². The fraction of sp³-hybridized carbons (Fsp3) is 0.389. The summed E-state index contributed by atoms with van der Waals surface area (Å²) < 4.78 is 0. The number of nitrogens with zero attached hydrogens (tertiary/aromatic N) is 3. The highest BCUT2D eigenvalue weighted by Gasteiger charge is 2.23. The van der Waals surface area contributed by atoms with Crippen LogP contribution in [0.15, 0.2) is 30.3 Å². The highest BCUT2D eigenvalue weighted by molar-refractivity contribution is 6.31. The molecule has 1 saturated heterocycles. The Hall–Kier alpha value is -2.14. The van der Waals surface area contributed by atoms with E-state index < -0.39 is 0 Å². The van der Waals surface area contributed by atoms with Crippen LogP contribution in [0.5, 0.6) is 0 Å². The molecule has 1 N–H and O–H groups in total. The SMILES string of the molecule is Cc1ccc(Nc2ccc(C(=O)N3CCCC(C)C3)nn2)cc1Cl. The molecule has 6 heteroatoms. The highest BCUT2D eigenvalue weighted by Crippen LogP contribution is 2.22. The topological polar surface area (TPSA) is 58.1 Å². The Morgan fingerprint density at radius 3 is 2.79 bits per heavy atom. The molecule has 24 heavy (non-hydrogen) atoms. The first-order valence-corrected chi connectivity index (χ1v) is 8.57. The van der Waals surface area contributed by atoms with Crippen molar-refractivity contribution in [2.24, 2.45) is 5.92 Å². The molecule has 126 valence electrons. The fourth-order valence-corrected chi connectivity index (χ4v) is 3.05. The summed E-state index contributed by atoms with van der Waals surface area (Å²) in [5.74, 6) is 1.08. The minimum absolute atomic E-state index is 0.0426. The van der Waals surface area contributed by atoms with E-state index in [0.29, 0.717) is 22.5 Å². The molecule has 1 atom stereocenters. The summed E-state index contributed by atoms with van der Waals surface area (Å²) in [4.78, 5) is 14.3. The lowest BCUT2D eigenvalue weighted by Crippen LogP contribution is -2.39. The van der Waals surface area contributed by atoms with E-state index in [1.165, 1.54) is 6.42 Å². The Bertz CT molecular complexity index is 732. The number of hydrogen-bond donors (Lipinski definition) is 1. The standard InChI is InChI=1S/C18H21ClN4O/c1-12-4-3-9-23(11-12)18(24)16-7-8-17(22-21-16)20-14-6-5-13(2)15(19)10-14/h5-8,10,12H,3-4,9,11H2,1-2H3,(H,20,22). The van der Waals surface area contributed by atoms with Crippen LogP contribution in [0, 0.1) is 12.8 Å². The van der Waals surface area contributed by atoms with Crippen LogP contribution in [0.4, 0.5) is 11.5 Å². The van der Waals surface area contributed by atoms with Gasteiger partial charge >= 0.3 is 0 Å². The zero-order valence-corrected chi connectivity index (χ0v) is 14.7. The molecule has 1 aromatic heterocycles. The second-order valence-corrected chi connectivity index (χ2v) is 6.80. The minimum atomic E-state index is -0.0426. The number of piperidine rings is 1. The Balaban J connectivity index is 1.68. The lowest BCUT2D eigenvalue weighted by atomic mass is 10.00. The van der Waals surface area contributed by atoms with E-state index in [1.54, 1.807) is 12.1 Å². The van der Waals surface area contributed by atoms with Gasteiger partial charge in [0.25, 0.3) is 5.91 Å². The molecule has 0 saturated carbocycles. The van der Waals surface area contributed by atoms with Gasteiger partial charge in [0.05, 0.1) is 0 Å². The smallest absolute Gasteiger partial charge is 0.274 e. The monoisotopic (exact) mass is 344 g/mol. The maximum atomic E-state index is 12.5. The largest absolute Gasteiger partial charge is 0.339 e. The van der Waals surface area contributed by atoms with E-state index in [9.17, 15) is 4.79 Å². The summed E-state index contributed by atoms with van der Waals surface area (Å²) in [6.45, 7) is 5.72. The number of aryl methyl sites for hydroxylation is 1. The third kappa shape index (κ3) is 3.85. The van der Waals surface area contributed by atoms with Crippen molar-refractivity contribution in [3.8, 4) is 0 Å². The molecule has 2 heterocycles. The van der Waals surface area contributed by atoms with Gasteiger partial charge in [-0.1, -0.05) is 24.6 Å². The number of amides is 1. The van der Waals surface area contributed by atoms with Gasteiger partial charge in [-0.15, -0.1) is 10.2 Å². The molecule has 0 bridgehead atoms.